The van der Waals surface area contributed by atoms with Crippen LogP contribution in [0, 0.1) is 5.41 Å². The average molecular weight is 356 g/mol. The number of amides is 1. The molecule has 0 bridgehead atoms. The van der Waals surface area contributed by atoms with Gasteiger partial charge in [0.15, 0.2) is 0 Å². The Hall–Kier alpha value is -0.920. The van der Waals surface area contributed by atoms with Gasteiger partial charge in [-0.05, 0) is 43.9 Å². The van der Waals surface area contributed by atoms with Crippen molar-refractivity contribution in [3.8, 4) is 0 Å². The van der Waals surface area contributed by atoms with E-state index in [2.05, 4.69) is 6.08 Å². The quantitative estimate of drug-likeness (QED) is 0.763. The number of likely N-dealkylation sites (tertiary alicyclic amines) is 1. The maximum absolute atomic E-state index is 12.5. The smallest absolute Gasteiger partial charge is 0.249 e. The molecule has 7 heteroatoms. The number of ether oxygens (including phenoxy) is 1. The molecule has 1 spiro atoms. The van der Waals surface area contributed by atoms with Crippen molar-refractivity contribution < 1.29 is 17.9 Å². The van der Waals surface area contributed by atoms with Crippen molar-refractivity contribution >= 4 is 15.9 Å². The normalized spacial score (nSPS) is 27.7. The van der Waals surface area contributed by atoms with Gasteiger partial charge >= 0.3 is 0 Å². The van der Waals surface area contributed by atoms with Crippen molar-refractivity contribution in [2.75, 3.05) is 39.6 Å². The van der Waals surface area contributed by atoms with Crippen molar-refractivity contribution in [1.29, 1.82) is 0 Å². The number of methoxy groups -OCH3 is 1. The first-order chi connectivity index (χ1) is 11.3. The molecule has 1 aliphatic carbocycles. The van der Waals surface area contributed by atoms with E-state index in [0.717, 1.165) is 57.2 Å². The molecule has 6 nitrogen and oxygen atoms in total. The highest BCUT2D eigenvalue weighted by Crippen LogP contribution is 2.44. The number of carbonyl (C=O) groups is 1. The molecule has 2 fully saturated rings. The van der Waals surface area contributed by atoms with Gasteiger partial charge in [0.1, 0.15) is 0 Å². The molecule has 1 amide bonds. The lowest BCUT2D eigenvalue weighted by Crippen LogP contribution is -2.45. The van der Waals surface area contributed by atoms with E-state index in [4.69, 9.17) is 4.74 Å². The molecule has 0 aromatic carbocycles. The van der Waals surface area contributed by atoms with Gasteiger partial charge in [0.2, 0.25) is 15.9 Å². The summed E-state index contributed by atoms with van der Waals surface area (Å²) in [4.78, 5) is 14.5. The van der Waals surface area contributed by atoms with Crippen molar-refractivity contribution in [2.45, 2.75) is 44.6 Å². The molecule has 0 aromatic rings. The van der Waals surface area contributed by atoms with Crippen molar-refractivity contribution in [3.05, 3.63) is 11.6 Å². The number of hydrogen-bond acceptors (Lipinski definition) is 4. The van der Waals surface area contributed by atoms with Gasteiger partial charge in [-0.1, -0.05) is 6.08 Å². The third kappa shape index (κ3) is 3.53. The molecule has 136 valence electrons. The van der Waals surface area contributed by atoms with Crippen LogP contribution in [0.3, 0.4) is 0 Å². The molecule has 3 rings (SSSR count). The summed E-state index contributed by atoms with van der Waals surface area (Å²) in [5, 5.41) is 0. The van der Waals surface area contributed by atoms with Crippen LogP contribution in [0.4, 0.5) is 0 Å². The second-order valence-electron chi connectivity index (χ2n) is 7.54. The second kappa shape index (κ2) is 6.77. The summed E-state index contributed by atoms with van der Waals surface area (Å²) >= 11 is 0. The molecule has 0 radical (unpaired) electrons. The zero-order chi connectivity index (χ0) is 17.4. The van der Waals surface area contributed by atoms with Gasteiger partial charge in [-0.15, -0.1) is 0 Å². The molecule has 1 atom stereocenters. The summed E-state index contributed by atoms with van der Waals surface area (Å²) in [6.07, 6.45) is 8.93. The Labute approximate surface area is 144 Å². The summed E-state index contributed by atoms with van der Waals surface area (Å²) in [5.74, 6) is 0.189. The Morgan fingerprint density at radius 2 is 2.08 bits per heavy atom. The first kappa shape index (κ1) is 17.9. The Balaban J connectivity index is 1.65. The number of rotatable bonds is 4. The fourth-order valence-electron chi connectivity index (χ4n) is 4.46. The zero-order valence-electron chi connectivity index (χ0n) is 14.7. The molecule has 2 heterocycles. The Bertz CT molecular complexity index is 621. The molecule has 2 saturated heterocycles. The third-order valence-electron chi connectivity index (χ3n) is 5.78. The number of allylic oxidation sites excluding steroid dienone is 1. The minimum absolute atomic E-state index is 0.00683. The van der Waals surface area contributed by atoms with E-state index in [1.807, 2.05) is 4.90 Å². The van der Waals surface area contributed by atoms with Crippen LogP contribution >= 0.6 is 0 Å². The highest BCUT2D eigenvalue weighted by molar-refractivity contribution is 7.88. The third-order valence-corrected chi connectivity index (χ3v) is 7.06. The number of nitrogens with zero attached hydrogens (tertiary/aromatic N) is 2. The first-order valence-electron chi connectivity index (χ1n) is 8.79. The summed E-state index contributed by atoms with van der Waals surface area (Å²) < 4.78 is 31.0. The maximum Gasteiger partial charge on any atom is 0.249 e. The van der Waals surface area contributed by atoms with E-state index in [1.54, 1.807) is 11.4 Å². The van der Waals surface area contributed by atoms with E-state index in [9.17, 15) is 13.2 Å². The lowest BCUT2D eigenvalue weighted by atomic mass is 9.76. The number of carbonyl (C=O) groups excluding carboxylic acids is 1. The zero-order valence-corrected chi connectivity index (χ0v) is 15.5. The van der Waals surface area contributed by atoms with Crippen LogP contribution < -0.4 is 0 Å². The number of sulfonamides is 1. The van der Waals surface area contributed by atoms with Gasteiger partial charge < -0.3 is 9.64 Å². The Kier molecular flexibility index (Phi) is 5.04. The van der Waals surface area contributed by atoms with Crippen LogP contribution in [0.2, 0.25) is 0 Å². The van der Waals surface area contributed by atoms with Gasteiger partial charge in [-0.25, -0.2) is 8.42 Å². The fraction of sp³-hybridized carbons (Fsp3) is 0.824. The lowest BCUT2D eigenvalue weighted by molar-refractivity contribution is -0.129. The van der Waals surface area contributed by atoms with Crippen LogP contribution in [0.5, 0.6) is 0 Å². The van der Waals surface area contributed by atoms with Crippen LogP contribution in [-0.2, 0) is 19.6 Å². The molecule has 0 N–H and O–H groups in total. The summed E-state index contributed by atoms with van der Waals surface area (Å²) in [6.45, 7) is 2.45. The van der Waals surface area contributed by atoms with E-state index >= 15 is 0 Å². The van der Waals surface area contributed by atoms with E-state index < -0.39 is 10.0 Å². The monoisotopic (exact) mass is 356 g/mol. The van der Waals surface area contributed by atoms with Gasteiger partial charge in [0.05, 0.1) is 12.9 Å². The highest BCUT2D eigenvalue weighted by atomic mass is 32.2. The fourth-order valence-corrected chi connectivity index (χ4v) is 5.65. The standard InChI is InChI=1S/C17H28N2O4S/c1-23-12-15-11-17(13-19(15)24(2,21)22)7-9-18(10-8-17)16(20)14-5-3-4-6-14/h5,15H,3-4,6-13H2,1-2H3/t15-/m0/s1. The maximum atomic E-state index is 12.5. The van der Waals surface area contributed by atoms with Crippen molar-refractivity contribution in [3.63, 3.8) is 0 Å². The van der Waals surface area contributed by atoms with Crippen molar-refractivity contribution in [1.82, 2.24) is 9.21 Å². The largest absolute Gasteiger partial charge is 0.383 e. The Morgan fingerprint density at radius 3 is 2.62 bits per heavy atom. The topological polar surface area (TPSA) is 66.9 Å². The Morgan fingerprint density at radius 1 is 1.38 bits per heavy atom. The first-order valence-corrected chi connectivity index (χ1v) is 10.6. The minimum atomic E-state index is -3.23. The van der Waals surface area contributed by atoms with E-state index in [0.29, 0.717) is 13.2 Å². The summed E-state index contributed by atoms with van der Waals surface area (Å²) in [5.41, 5.74) is 0.958. The molecule has 0 saturated carbocycles. The van der Waals surface area contributed by atoms with Gasteiger partial charge in [0.25, 0.3) is 0 Å². The predicted molar refractivity (Wildman–Crippen MR) is 92.0 cm³/mol. The molecule has 0 aromatic heterocycles. The van der Waals surface area contributed by atoms with Crippen LogP contribution in [0.1, 0.15) is 38.5 Å². The summed E-state index contributed by atoms with van der Waals surface area (Å²) in [7, 11) is -1.62. The van der Waals surface area contributed by atoms with E-state index in [-0.39, 0.29) is 17.4 Å². The molecular formula is C17H28N2O4S. The molecule has 3 aliphatic rings. The van der Waals surface area contributed by atoms with Crippen LogP contribution in [-0.4, -0.2) is 69.2 Å². The van der Waals surface area contributed by atoms with Gasteiger partial charge in [-0.2, -0.15) is 4.31 Å². The molecular weight excluding hydrogens is 328 g/mol. The summed E-state index contributed by atoms with van der Waals surface area (Å²) in [6, 6.07) is -0.0789. The SMILES string of the molecule is COC[C@@H]1CC2(CCN(C(=O)C3=CCCC3)CC2)CN1S(C)(=O)=O. The second-order valence-corrected chi connectivity index (χ2v) is 9.47. The van der Waals surface area contributed by atoms with Crippen LogP contribution in [0.25, 0.3) is 0 Å². The van der Waals surface area contributed by atoms with Gasteiger partial charge in [-0.3, -0.25) is 4.79 Å². The average Bonchev–Trinajstić information content (AvgIpc) is 3.16. The van der Waals surface area contributed by atoms with Crippen LogP contribution in [0.15, 0.2) is 11.6 Å². The van der Waals surface area contributed by atoms with Crippen molar-refractivity contribution in [2.24, 2.45) is 5.41 Å². The number of hydrogen-bond donors (Lipinski definition) is 0. The number of piperidine rings is 1. The van der Waals surface area contributed by atoms with Gasteiger partial charge in [0, 0.05) is 38.4 Å². The van der Waals surface area contributed by atoms with E-state index in [1.165, 1.54) is 6.26 Å². The molecule has 2 aliphatic heterocycles. The lowest BCUT2D eigenvalue weighted by Gasteiger charge is -2.39. The minimum Gasteiger partial charge on any atom is -0.383 e. The molecule has 24 heavy (non-hydrogen) atoms. The predicted octanol–water partition coefficient (Wildman–Crippen LogP) is 1.39. The molecule has 0 unspecified atom stereocenters. The highest BCUT2D eigenvalue weighted by Gasteiger charge is 2.48.